The number of amides is 1. The quantitative estimate of drug-likeness (QED) is 0.0405. The topological polar surface area (TPSA) is 415 Å². The van der Waals surface area contributed by atoms with E-state index in [1.54, 1.807) is 6.08 Å². The van der Waals surface area contributed by atoms with Gasteiger partial charge in [0.1, 0.15) is 48.5 Å². The van der Waals surface area contributed by atoms with Gasteiger partial charge in [-0.05, 0) is 12.8 Å². The van der Waals surface area contributed by atoms with Gasteiger partial charge in [0.05, 0.1) is 19.5 Å². The molecule has 2 unspecified atom stereocenters. The van der Waals surface area contributed by atoms with Gasteiger partial charge in [0.25, 0.3) is 0 Å². The summed E-state index contributed by atoms with van der Waals surface area (Å²) in [6, 6.07) is 0. The van der Waals surface area contributed by atoms with E-state index in [2.05, 4.69) is 36.8 Å². The average Bonchev–Trinajstić information content (AvgIpc) is 3.76. The largest absolute Gasteiger partial charge is 0.481 e. The summed E-state index contributed by atoms with van der Waals surface area (Å²) in [5.41, 5.74) is 16.6. The van der Waals surface area contributed by atoms with Gasteiger partial charge in [-0.1, -0.05) is 19.4 Å². The minimum absolute atomic E-state index is 0. The van der Waals surface area contributed by atoms with Crippen LogP contribution in [-0.2, 0) is 36.8 Å². The molecule has 0 spiro atoms. The molecule has 0 aromatic carbocycles. The summed E-state index contributed by atoms with van der Waals surface area (Å²) in [5.74, 6) is -0.778. The Morgan fingerprint density at radius 1 is 0.982 bits per heavy atom. The molecule has 16 N–H and O–H groups in total. The highest BCUT2D eigenvalue weighted by Gasteiger charge is 2.48. The number of fused-ring (bicyclic) bond motifs is 1. The first-order chi connectivity index (χ1) is 25.8. The number of ether oxygens (including phenoxy) is 2. The minimum atomic E-state index is -5.37. The number of unbranched alkanes of at least 4 members (excludes halogenated alkanes) is 1. The normalized spacial score (nSPS) is 27.9. The molecule has 0 bridgehead atoms. The lowest BCUT2D eigenvalue weighted by molar-refractivity contribution is -0.115. The van der Waals surface area contributed by atoms with Crippen molar-refractivity contribution in [2.24, 2.45) is 11.5 Å². The van der Waals surface area contributed by atoms with Crippen molar-refractivity contribution in [3.8, 4) is 0 Å². The summed E-state index contributed by atoms with van der Waals surface area (Å²) in [7, 11) is -10.7. The number of nitrogens with one attached hydrogen (secondary N) is 4. The molecule has 56 heavy (non-hydrogen) atoms. The van der Waals surface area contributed by atoms with E-state index in [9.17, 15) is 44.1 Å². The first kappa shape index (κ1) is 46.5. The van der Waals surface area contributed by atoms with Crippen LogP contribution in [0.25, 0.3) is 11.2 Å². The van der Waals surface area contributed by atoms with Gasteiger partial charge in [-0.15, -0.1) is 12.4 Å². The van der Waals surface area contributed by atoms with E-state index in [4.69, 9.17) is 46.5 Å². The van der Waals surface area contributed by atoms with E-state index in [-0.39, 0.29) is 53.3 Å². The van der Waals surface area contributed by atoms with Crippen LogP contribution in [0.4, 0.5) is 5.82 Å². The lowest BCUT2D eigenvalue weighted by Gasteiger charge is -2.28. The van der Waals surface area contributed by atoms with Crippen LogP contribution in [0.15, 0.2) is 36.7 Å². The summed E-state index contributed by atoms with van der Waals surface area (Å²) in [6.45, 7) is 1.03. The van der Waals surface area contributed by atoms with Crippen LogP contribution in [0.2, 0.25) is 0 Å². The van der Waals surface area contributed by atoms with Crippen molar-refractivity contribution in [2.45, 2.75) is 75.3 Å². The number of phosphoric acid groups is 2. The highest BCUT2D eigenvalue weighted by molar-refractivity contribution is 7.61. The molecule has 2 saturated heterocycles. The number of hydrogen-bond acceptors (Lipinski definition) is 19. The maximum absolute atomic E-state index is 12.4. The number of carbonyl (C=O) groups excluding carboxylic acids is 1. The van der Waals surface area contributed by atoms with Crippen molar-refractivity contribution < 1.29 is 67.0 Å². The number of aliphatic hydroxyl groups excluding tert-OH is 4. The van der Waals surface area contributed by atoms with Crippen LogP contribution >= 0.6 is 28.1 Å². The van der Waals surface area contributed by atoms with Crippen LogP contribution in [-0.4, -0.2) is 135 Å². The molecule has 2 aromatic heterocycles. The van der Waals surface area contributed by atoms with Crippen molar-refractivity contribution in [1.82, 2.24) is 35.1 Å². The number of guanidine groups is 2. The van der Waals surface area contributed by atoms with Crippen LogP contribution in [0.1, 0.15) is 32.4 Å². The van der Waals surface area contributed by atoms with Crippen molar-refractivity contribution in [1.29, 1.82) is 10.8 Å². The summed E-state index contributed by atoms with van der Waals surface area (Å²) in [5, 5.41) is 60.7. The molecule has 1 amide bonds. The predicted octanol–water partition coefficient (Wildman–Crippen LogP) is -2.47. The Balaban J connectivity index is 0.000000612. The average molecular weight is 859 g/mol. The van der Waals surface area contributed by atoms with Gasteiger partial charge < -0.3 is 67.1 Å². The van der Waals surface area contributed by atoms with Gasteiger partial charge in [-0.3, -0.25) is 34.5 Å². The summed E-state index contributed by atoms with van der Waals surface area (Å²) < 4.78 is 50.8. The number of phosphoric ester groups is 2. The first-order valence-corrected chi connectivity index (χ1v) is 19.3. The fourth-order valence-corrected chi connectivity index (χ4v) is 7.34. The molecule has 2 aromatic rings. The number of nitrogens with two attached hydrogens (primary N) is 3. The fraction of sp³-hybridized carbons (Fsp3) is 0.556. The van der Waals surface area contributed by atoms with E-state index in [1.165, 1.54) is 28.2 Å². The molecule has 26 nitrogen and oxygen atoms in total. The van der Waals surface area contributed by atoms with Gasteiger partial charge in [0, 0.05) is 24.5 Å². The van der Waals surface area contributed by atoms with Crippen molar-refractivity contribution in [3.05, 3.63) is 36.7 Å². The Morgan fingerprint density at radius 3 is 2.14 bits per heavy atom. The smallest absolute Gasteiger partial charge is 0.387 e. The number of aromatic nitrogens is 4. The monoisotopic (exact) mass is 858 g/mol. The molecule has 314 valence electrons. The highest BCUT2D eigenvalue weighted by Crippen LogP contribution is 2.60. The Bertz CT molecular complexity index is 1860. The zero-order valence-corrected chi connectivity index (χ0v) is 32.1. The molecule has 3 aliphatic heterocycles. The lowest BCUT2D eigenvalue weighted by Crippen LogP contribution is -2.43. The number of halogens is 1. The molecular formula is C27H45ClN12O14P2. The van der Waals surface area contributed by atoms with E-state index < -0.39 is 83.8 Å². The second-order valence-corrected chi connectivity index (χ2v) is 15.1. The molecule has 5 heterocycles. The number of imidazole rings is 1. The number of nitrogen functional groups attached to an aromatic ring is 1. The highest BCUT2D eigenvalue weighted by atomic mass is 35.5. The Labute approximate surface area is 324 Å². The number of nitrogens with zero attached hydrogens (tertiary/aromatic N) is 5. The number of carbonyl (C=O) groups is 1. The Kier molecular flexibility index (Phi) is 16.6. The fourth-order valence-electron chi connectivity index (χ4n) is 5.25. The summed E-state index contributed by atoms with van der Waals surface area (Å²) in [4.78, 5) is 44.6. The van der Waals surface area contributed by atoms with Gasteiger partial charge >= 0.3 is 15.6 Å². The number of primary amides is 1. The van der Waals surface area contributed by atoms with Crippen molar-refractivity contribution in [2.75, 3.05) is 25.5 Å². The SMILES string of the molecule is CCCCNC(=N)NC(=N)N.Cl.NC(=O)C1=CN([C@@H]2O[C@H](COP(=O)(O)OP(=O)(O)OC[C@H]3O[C@@H](n4cnc5c(N)ncnc54)[C@H](O)[C@@H]3O)[C@@H](O)[C@H]2O)C=CC1. The second-order valence-electron chi connectivity index (χ2n) is 12.0. The number of rotatable bonds is 14. The van der Waals surface area contributed by atoms with Gasteiger partial charge in [-0.25, -0.2) is 24.1 Å². The zero-order valence-electron chi connectivity index (χ0n) is 29.5. The Morgan fingerprint density at radius 2 is 1.57 bits per heavy atom. The van der Waals surface area contributed by atoms with E-state index >= 15 is 0 Å². The first-order valence-electron chi connectivity index (χ1n) is 16.3. The van der Waals surface area contributed by atoms with Crippen LogP contribution < -0.4 is 27.8 Å². The molecule has 0 aliphatic carbocycles. The maximum Gasteiger partial charge on any atom is 0.481 e. The summed E-state index contributed by atoms with van der Waals surface area (Å²) in [6.07, 6.45) is -2.78. The van der Waals surface area contributed by atoms with Crippen LogP contribution in [0, 0.1) is 10.8 Å². The third-order valence-corrected chi connectivity index (χ3v) is 10.6. The van der Waals surface area contributed by atoms with Crippen LogP contribution in [0.5, 0.6) is 0 Å². The molecule has 3 aliphatic rings. The predicted molar refractivity (Wildman–Crippen MR) is 195 cm³/mol. The second kappa shape index (κ2) is 20.0. The van der Waals surface area contributed by atoms with Gasteiger partial charge in [0.15, 0.2) is 35.8 Å². The van der Waals surface area contributed by atoms with Crippen molar-refractivity contribution in [3.63, 3.8) is 0 Å². The molecule has 29 heteroatoms. The zero-order chi connectivity index (χ0) is 40.7. The number of allylic oxidation sites excluding steroid dienone is 1. The molecule has 5 rings (SSSR count). The molecule has 0 radical (unpaired) electrons. The number of anilines is 1. The molecular weight excluding hydrogens is 814 g/mol. The number of hydrogen-bond donors (Lipinski definition) is 13. The third-order valence-electron chi connectivity index (χ3n) is 7.97. The van der Waals surface area contributed by atoms with E-state index in [0.717, 1.165) is 25.7 Å². The standard InChI is InChI=1S/C21H29N7O14P2.C6H15N5.ClH/c22-17-12-19(25-7-24-17)28(8-26-12)21-16(32)14(30)11(41-21)6-39-44(36,37)42-43(34,35)38-5-10-13(29)15(31)20(40-10)27-3-1-2-9(4-27)18(23)33;1-2-3-4-10-6(9)11-5(7)8;/h1,3-4,7-8,10-11,13-16,20-21,29-32H,2,5-6H2,(H2,23,33)(H,34,35)(H,36,37)(H2,22,24,25);2-4H2,1H3,(H6,7,8,9,10,11);1H/t10-,11-,13-,14-,15-,16-,20-,21-;;/m1../s1. The van der Waals surface area contributed by atoms with Crippen LogP contribution in [0.3, 0.4) is 0 Å². The molecule has 0 saturated carbocycles. The molecule has 10 atom stereocenters. The number of aliphatic hydroxyl groups is 4. The lowest BCUT2D eigenvalue weighted by atomic mass is 10.1. The third kappa shape index (κ3) is 12.1. The van der Waals surface area contributed by atoms with Gasteiger partial charge in [-0.2, -0.15) is 4.31 Å². The maximum atomic E-state index is 12.4. The summed E-state index contributed by atoms with van der Waals surface area (Å²) >= 11 is 0. The Hall–Kier alpha value is -3.85. The van der Waals surface area contributed by atoms with Crippen molar-refractivity contribution >= 4 is 62.9 Å². The van der Waals surface area contributed by atoms with E-state index in [1.807, 2.05) is 0 Å². The van der Waals surface area contributed by atoms with E-state index in [0.29, 0.717) is 0 Å². The van der Waals surface area contributed by atoms with Gasteiger partial charge in [0.2, 0.25) is 5.91 Å². The minimum Gasteiger partial charge on any atom is -0.387 e. The molecule has 2 fully saturated rings.